The highest BCUT2D eigenvalue weighted by Crippen LogP contribution is 2.38. The number of nitrogens with one attached hydrogen (secondary N) is 2. The molecule has 2 N–H and O–H groups in total. The maximum Gasteiger partial charge on any atom is 0.159 e. The Labute approximate surface area is 128 Å². The van der Waals surface area contributed by atoms with Crippen molar-refractivity contribution in [3.05, 3.63) is 12.7 Å². The zero-order valence-corrected chi connectivity index (χ0v) is 12.8. The van der Waals surface area contributed by atoms with Gasteiger partial charge in [0.15, 0.2) is 5.17 Å². The molecule has 0 aromatic rings. The number of fused-ring (bicyclic) bond motifs is 1. The van der Waals surface area contributed by atoms with Crippen molar-refractivity contribution in [2.24, 2.45) is 16.8 Å². The van der Waals surface area contributed by atoms with Crippen LogP contribution in [0.1, 0.15) is 6.92 Å². The van der Waals surface area contributed by atoms with Gasteiger partial charge in [-0.2, -0.15) is 0 Å². The van der Waals surface area contributed by atoms with E-state index in [4.69, 9.17) is 4.74 Å². The first-order valence-electron chi connectivity index (χ1n) is 7.10. The Morgan fingerprint density at radius 1 is 1.43 bits per heavy atom. The summed E-state index contributed by atoms with van der Waals surface area (Å²) in [6.45, 7) is 7.41. The van der Waals surface area contributed by atoms with Crippen LogP contribution in [-0.4, -0.2) is 55.0 Å². The van der Waals surface area contributed by atoms with Crippen molar-refractivity contribution in [1.82, 2.24) is 10.6 Å². The summed E-state index contributed by atoms with van der Waals surface area (Å²) in [7, 11) is 0. The molecule has 2 fully saturated rings. The van der Waals surface area contributed by atoms with Gasteiger partial charge in [0.1, 0.15) is 18.0 Å². The number of hydrogen-bond donors (Lipinski definition) is 2. The average Bonchev–Trinajstić information content (AvgIpc) is 2.88. The molecule has 5 atom stereocenters. The topological polar surface area (TPSA) is 79.8 Å². The van der Waals surface area contributed by atoms with Crippen LogP contribution < -0.4 is 10.6 Å². The van der Waals surface area contributed by atoms with E-state index in [1.165, 1.54) is 11.8 Å². The largest absolute Gasteiger partial charge is 0.360 e. The third-order valence-electron chi connectivity index (χ3n) is 3.66. The predicted molar refractivity (Wildman–Crippen MR) is 83.3 cm³/mol. The van der Waals surface area contributed by atoms with Gasteiger partial charge in [0.05, 0.1) is 24.0 Å². The molecule has 21 heavy (non-hydrogen) atoms. The SMILES string of the molecule is C=CCNC[C@@H]1O[C@@H]2SC(=NCC)N[C@@H]2[C@H](C=O)[C@@H]1C=O. The fourth-order valence-corrected chi connectivity index (χ4v) is 3.88. The number of aldehydes is 2. The van der Waals surface area contributed by atoms with Gasteiger partial charge in [-0.25, -0.2) is 0 Å². The smallest absolute Gasteiger partial charge is 0.159 e. The second-order valence-electron chi connectivity index (χ2n) is 4.98. The molecule has 7 heteroatoms. The maximum atomic E-state index is 11.5. The summed E-state index contributed by atoms with van der Waals surface area (Å²) in [5.41, 5.74) is -0.183. The summed E-state index contributed by atoms with van der Waals surface area (Å²) in [5.74, 6) is -0.844. The van der Waals surface area contributed by atoms with Crippen LogP contribution in [0.4, 0.5) is 0 Å². The van der Waals surface area contributed by atoms with E-state index in [0.717, 1.165) is 17.7 Å². The Hall–Kier alpha value is -1.18. The number of hydrogen-bond acceptors (Lipinski definition) is 6. The van der Waals surface area contributed by atoms with Crippen LogP contribution in [0.15, 0.2) is 17.6 Å². The number of nitrogens with zero attached hydrogens (tertiary/aromatic N) is 1. The molecule has 0 aromatic carbocycles. The molecule has 2 aliphatic rings. The second kappa shape index (κ2) is 7.72. The van der Waals surface area contributed by atoms with Gasteiger partial charge >= 0.3 is 0 Å². The van der Waals surface area contributed by atoms with E-state index >= 15 is 0 Å². The number of carbonyl (C=O) groups excluding carboxylic acids is 2. The monoisotopic (exact) mass is 311 g/mol. The Bertz CT molecular complexity index is 430. The predicted octanol–water partition coefficient (Wildman–Crippen LogP) is 0.198. The minimum atomic E-state index is -0.449. The molecule has 6 nitrogen and oxygen atoms in total. The van der Waals surface area contributed by atoms with Crippen molar-refractivity contribution < 1.29 is 14.3 Å². The summed E-state index contributed by atoms with van der Waals surface area (Å²) in [6, 6.07) is -0.191. The zero-order valence-electron chi connectivity index (χ0n) is 12.0. The molecule has 116 valence electrons. The summed E-state index contributed by atoms with van der Waals surface area (Å²) < 4.78 is 6.00. The second-order valence-corrected chi connectivity index (χ2v) is 6.07. The lowest BCUT2D eigenvalue weighted by molar-refractivity contribution is -0.137. The van der Waals surface area contributed by atoms with Gasteiger partial charge in [0, 0.05) is 19.6 Å². The first-order chi connectivity index (χ1) is 10.2. The fraction of sp³-hybridized carbons (Fsp3) is 0.643. The van der Waals surface area contributed by atoms with Crippen LogP contribution in [0.3, 0.4) is 0 Å². The molecule has 0 amide bonds. The molecule has 0 aliphatic carbocycles. The summed E-state index contributed by atoms with van der Waals surface area (Å²) in [5, 5.41) is 7.14. The van der Waals surface area contributed by atoms with E-state index in [1.54, 1.807) is 6.08 Å². The van der Waals surface area contributed by atoms with Crippen molar-refractivity contribution in [1.29, 1.82) is 0 Å². The quantitative estimate of drug-likeness (QED) is 0.397. The number of amidine groups is 1. The number of carbonyl (C=O) groups is 2. The summed E-state index contributed by atoms with van der Waals surface area (Å²) in [6.07, 6.45) is 3.13. The third-order valence-corrected chi connectivity index (χ3v) is 4.77. The van der Waals surface area contributed by atoms with Crippen molar-refractivity contribution >= 4 is 29.5 Å². The van der Waals surface area contributed by atoms with Gasteiger partial charge in [-0.3, -0.25) is 4.99 Å². The van der Waals surface area contributed by atoms with Gasteiger partial charge in [0.2, 0.25) is 0 Å². The van der Waals surface area contributed by atoms with E-state index in [2.05, 4.69) is 22.2 Å². The lowest BCUT2D eigenvalue weighted by Gasteiger charge is -2.39. The normalized spacial score (nSPS) is 36.8. The summed E-state index contributed by atoms with van der Waals surface area (Å²) in [4.78, 5) is 27.2. The highest BCUT2D eigenvalue weighted by molar-refractivity contribution is 8.14. The highest BCUT2D eigenvalue weighted by Gasteiger charge is 2.49. The van der Waals surface area contributed by atoms with Gasteiger partial charge in [0.25, 0.3) is 0 Å². The molecular weight excluding hydrogens is 290 g/mol. The van der Waals surface area contributed by atoms with Crippen molar-refractivity contribution in [3.8, 4) is 0 Å². The molecule has 2 rings (SSSR count). The number of rotatable bonds is 7. The van der Waals surface area contributed by atoms with Crippen LogP contribution in [0, 0.1) is 11.8 Å². The Kier molecular flexibility index (Phi) is 5.96. The molecule has 2 aliphatic heterocycles. The Morgan fingerprint density at radius 3 is 2.81 bits per heavy atom. The lowest BCUT2D eigenvalue weighted by atomic mass is 9.82. The third kappa shape index (κ3) is 3.53. The number of thioether (sulfide) groups is 1. The molecule has 0 spiro atoms. The molecule has 0 radical (unpaired) electrons. The van der Waals surface area contributed by atoms with E-state index in [0.29, 0.717) is 19.6 Å². The highest BCUT2D eigenvalue weighted by atomic mass is 32.2. The summed E-state index contributed by atoms with van der Waals surface area (Å²) >= 11 is 1.49. The van der Waals surface area contributed by atoms with Gasteiger partial charge in [-0.1, -0.05) is 17.8 Å². The molecule has 2 saturated heterocycles. The Balaban J connectivity index is 2.12. The van der Waals surface area contributed by atoms with Crippen molar-refractivity contribution in [2.75, 3.05) is 19.6 Å². The standard InChI is InChI=1S/C14H21N3O3S/c1-3-5-15-6-11-9(7-18)10(8-19)12-13(20-11)21-14(17-12)16-4-2/h3,7-13,15H,1,4-6H2,2H3,(H,16,17)/t9-,10+,11-,12+,13+/m0/s1. The minimum absolute atomic E-state index is 0.183. The van der Waals surface area contributed by atoms with Gasteiger partial charge < -0.3 is 25.0 Å². The van der Waals surface area contributed by atoms with E-state index in [-0.39, 0.29) is 17.6 Å². The van der Waals surface area contributed by atoms with Crippen LogP contribution in [-0.2, 0) is 14.3 Å². The number of ether oxygens (including phenoxy) is 1. The van der Waals surface area contributed by atoms with Crippen LogP contribution in [0.25, 0.3) is 0 Å². The zero-order chi connectivity index (χ0) is 15.2. The van der Waals surface area contributed by atoms with Gasteiger partial charge in [-0.15, -0.1) is 6.58 Å². The van der Waals surface area contributed by atoms with Gasteiger partial charge in [-0.05, 0) is 6.92 Å². The first-order valence-corrected chi connectivity index (χ1v) is 7.98. The molecule has 0 bridgehead atoms. The van der Waals surface area contributed by atoms with E-state index in [1.807, 2.05) is 6.92 Å². The van der Waals surface area contributed by atoms with E-state index in [9.17, 15) is 9.59 Å². The average molecular weight is 311 g/mol. The molecule has 2 heterocycles. The van der Waals surface area contributed by atoms with Crippen molar-refractivity contribution in [3.63, 3.8) is 0 Å². The molecular formula is C14H21N3O3S. The first kappa shape index (κ1) is 16.2. The van der Waals surface area contributed by atoms with E-state index < -0.39 is 11.8 Å². The van der Waals surface area contributed by atoms with Crippen molar-refractivity contribution in [2.45, 2.75) is 24.5 Å². The molecule has 0 unspecified atom stereocenters. The molecule has 0 aromatic heterocycles. The molecule has 0 saturated carbocycles. The fourth-order valence-electron chi connectivity index (χ4n) is 2.66. The van der Waals surface area contributed by atoms with Crippen LogP contribution in [0.2, 0.25) is 0 Å². The van der Waals surface area contributed by atoms with Crippen LogP contribution >= 0.6 is 11.8 Å². The maximum absolute atomic E-state index is 11.5. The van der Waals surface area contributed by atoms with Crippen LogP contribution in [0.5, 0.6) is 0 Å². The lowest BCUT2D eigenvalue weighted by Crippen LogP contribution is -2.56. The number of aliphatic imine (C=N–C) groups is 1. The minimum Gasteiger partial charge on any atom is -0.360 e. The Morgan fingerprint density at radius 2 is 2.19 bits per heavy atom.